The van der Waals surface area contributed by atoms with Crippen LogP contribution in [0.15, 0.2) is 79.5 Å². The Balaban J connectivity index is 1.50. The van der Waals surface area contributed by atoms with E-state index < -0.39 is 11.7 Å². The number of carbonyl (C=O) groups is 1. The molecule has 0 aliphatic rings. The van der Waals surface area contributed by atoms with E-state index in [1.54, 1.807) is 48.7 Å². The van der Waals surface area contributed by atoms with Crippen molar-refractivity contribution in [2.24, 2.45) is 5.10 Å². The molecule has 1 N–H and O–H groups in total. The van der Waals surface area contributed by atoms with Gasteiger partial charge in [0.05, 0.1) is 27.3 Å². The Bertz CT molecular complexity index is 1520. The Hall–Kier alpha value is -3.37. The van der Waals surface area contributed by atoms with Crippen molar-refractivity contribution in [2.45, 2.75) is 19.8 Å². The van der Waals surface area contributed by atoms with Crippen molar-refractivity contribution < 1.29 is 13.9 Å². The molecule has 1 aromatic heterocycles. The SMILES string of the molecule is CCCc1nc2ccc(Br)cc2c(=O)n1N=Cc1ccc(OCC(=O)Nc2ccccc2F)c(Br)c1. The van der Waals surface area contributed by atoms with Gasteiger partial charge < -0.3 is 10.1 Å². The number of para-hydroxylation sites is 1. The molecule has 0 saturated carbocycles. The summed E-state index contributed by atoms with van der Waals surface area (Å²) in [5.74, 6) is -0.00706. The number of amides is 1. The van der Waals surface area contributed by atoms with E-state index in [2.05, 4.69) is 47.3 Å². The number of rotatable bonds is 8. The van der Waals surface area contributed by atoms with Crippen molar-refractivity contribution in [2.75, 3.05) is 11.9 Å². The highest BCUT2D eigenvalue weighted by atomic mass is 79.9. The predicted molar refractivity (Wildman–Crippen MR) is 145 cm³/mol. The van der Waals surface area contributed by atoms with E-state index in [0.29, 0.717) is 38.9 Å². The van der Waals surface area contributed by atoms with Crippen LogP contribution in [0.1, 0.15) is 24.7 Å². The Kier molecular flexibility index (Phi) is 8.27. The Morgan fingerprint density at radius 3 is 2.72 bits per heavy atom. The summed E-state index contributed by atoms with van der Waals surface area (Å²) in [5.41, 5.74) is 1.17. The summed E-state index contributed by atoms with van der Waals surface area (Å²) < 4.78 is 22.0. The molecule has 7 nitrogen and oxygen atoms in total. The average molecular weight is 616 g/mol. The number of aryl methyl sites for hydroxylation is 1. The van der Waals surface area contributed by atoms with Crippen LogP contribution in [0.5, 0.6) is 5.75 Å². The van der Waals surface area contributed by atoms with E-state index in [-0.39, 0.29) is 17.9 Å². The number of carbonyl (C=O) groups excluding carboxylic acids is 1. The van der Waals surface area contributed by atoms with Crippen LogP contribution in [-0.2, 0) is 11.2 Å². The molecule has 0 fully saturated rings. The summed E-state index contributed by atoms with van der Waals surface area (Å²) in [6.45, 7) is 1.72. The number of hydrogen-bond acceptors (Lipinski definition) is 5. The lowest BCUT2D eigenvalue weighted by Gasteiger charge is -2.10. The molecule has 0 saturated heterocycles. The first-order chi connectivity index (χ1) is 17.4. The first kappa shape index (κ1) is 25.7. The van der Waals surface area contributed by atoms with E-state index in [1.165, 1.54) is 16.8 Å². The molecule has 0 aliphatic heterocycles. The first-order valence-electron chi connectivity index (χ1n) is 11.1. The molecule has 10 heteroatoms. The number of halogens is 3. The van der Waals surface area contributed by atoms with Crippen molar-refractivity contribution >= 4 is 60.6 Å². The average Bonchev–Trinajstić information content (AvgIpc) is 2.85. The number of anilines is 1. The highest BCUT2D eigenvalue weighted by molar-refractivity contribution is 9.10. The molecular weight excluding hydrogens is 595 g/mol. The van der Waals surface area contributed by atoms with Crippen LogP contribution in [0.2, 0.25) is 0 Å². The molecule has 184 valence electrons. The number of nitrogens with one attached hydrogen (secondary N) is 1. The van der Waals surface area contributed by atoms with Gasteiger partial charge in [0.2, 0.25) is 0 Å². The quantitative estimate of drug-likeness (QED) is 0.250. The van der Waals surface area contributed by atoms with Crippen LogP contribution in [0.3, 0.4) is 0 Å². The van der Waals surface area contributed by atoms with Gasteiger partial charge in [0, 0.05) is 10.9 Å². The molecule has 0 bridgehead atoms. The summed E-state index contributed by atoms with van der Waals surface area (Å²) in [7, 11) is 0. The van der Waals surface area contributed by atoms with Gasteiger partial charge in [0.15, 0.2) is 6.61 Å². The number of benzene rings is 3. The largest absolute Gasteiger partial charge is 0.483 e. The van der Waals surface area contributed by atoms with Crippen LogP contribution in [-0.4, -0.2) is 28.4 Å². The van der Waals surface area contributed by atoms with Crippen molar-refractivity contribution in [1.82, 2.24) is 9.66 Å². The Morgan fingerprint density at radius 1 is 1.17 bits per heavy atom. The first-order valence-corrected chi connectivity index (χ1v) is 12.7. The second-order valence-electron chi connectivity index (χ2n) is 7.81. The fourth-order valence-corrected chi connectivity index (χ4v) is 4.30. The molecular formula is C26H21Br2FN4O3. The number of fused-ring (bicyclic) bond motifs is 1. The van der Waals surface area contributed by atoms with Crippen LogP contribution in [0.4, 0.5) is 10.1 Å². The highest BCUT2D eigenvalue weighted by Gasteiger charge is 2.12. The monoisotopic (exact) mass is 614 g/mol. The summed E-state index contributed by atoms with van der Waals surface area (Å²) in [6.07, 6.45) is 2.97. The third-order valence-electron chi connectivity index (χ3n) is 5.13. The summed E-state index contributed by atoms with van der Waals surface area (Å²) >= 11 is 6.83. The van der Waals surface area contributed by atoms with Crippen LogP contribution in [0, 0.1) is 5.82 Å². The zero-order valence-corrected chi connectivity index (χ0v) is 22.3. The second kappa shape index (κ2) is 11.6. The zero-order chi connectivity index (χ0) is 25.7. The minimum absolute atomic E-state index is 0.0879. The topological polar surface area (TPSA) is 85.6 Å². The molecule has 0 aliphatic carbocycles. The minimum atomic E-state index is -0.522. The van der Waals surface area contributed by atoms with Crippen molar-refractivity contribution in [3.63, 3.8) is 0 Å². The molecule has 3 aromatic carbocycles. The number of ether oxygens (including phenoxy) is 1. The molecule has 4 rings (SSSR count). The van der Waals surface area contributed by atoms with Crippen LogP contribution < -0.4 is 15.6 Å². The minimum Gasteiger partial charge on any atom is -0.483 e. The van der Waals surface area contributed by atoms with E-state index in [4.69, 9.17) is 4.74 Å². The molecule has 1 amide bonds. The van der Waals surface area contributed by atoms with E-state index in [1.807, 2.05) is 13.0 Å². The zero-order valence-electron chi connectivity index (χ0n) is 19.2. The molecule has 0 radical (unpaired) electrons. The second-order valence-corrected chi connectivity index (χ2v) is 9.58. The number of hydrogen-bond donors (Lipinski definition) is 1. The summed E-state index contributed by atoms with van der Waals surface area (Å²) in [4.78, 5) is 29.9. The normalized spacial score (nSPS) is 11.2. The fraction of sp³-hybridized carbons (Fsp3) is 0.154. The van der Waals surface area contributed by atoms with Crippen molar-refractivity contribution in [3.05, 3.63) is 97.2 Å². The van der Waals surface area contributed by atoms with Gasteiger partial charge in [-0.25, -0.2) is 9.37 Å². The molecule has 0 spiro atoms. The lowest BCUT2D eigenvalue weighted by atomic mass is 10.2. The summed E-state index contributed by atoms with van der Waals surface area (Å²) in [5, 5.41) is 7.36. The standard InChI is InChI=1S/C26H21Br2FN4O3/c1-2-5-24-31-21-10-9-17(27)13-18(21)26(35)33(24)30-14-16-8-11-23(19(28)12-16)36-15-25(34)32-22-7-4-3-6-20(22)29/h3-4,6-14H,2,5,15H2,1H3,(H,32,34). The smallest absolute Gasteiger partial charge is 0.282 e. The molecule has 0 atom stereocenters. The van der Waals surface area contributed by atoms with Crippen molar-refractivity contribution in [1.29, 1.82) is 0 Å². The van der Waals surface area contributed by atoms with Gasteiger partial charge in [0.1, 0.15) is 17.4 Å². The van der Waals surface area contributed by atoms with Gasteiger partial charge in [-0.2, -0.15) is 9.78 Å². The van der Waals surface area contributed by atoms with Gasteiger partial charge >= 0.3 is 0 Å². The van der Waals surface area contributed by atoms with E-state index in [9.17, 15) is 14.0 Å². The van der Waals surface area contributed by atoms with Crippen molar-refractivity contribution in [3.8, 4) is 5.75 Å². The van der Waals surface area contributed by atoms with Crippen LogP contribution >= 0.6 is 31.9 Å². The molecule has 36 heavy (non-hydrogen) atoms. The third kappa shape index (κ3) is 6.06. The van der Waals surface area contributed by atoms with Gasteiger partial charge in [-0.05, 0) is 76.4 Å². The predicted octanol–water partition coefficient (Wildman–Crippen LogP) is 5.91. The lowest BCUT2D eigenvalue weighted by molar-refractivity contribution is -0.118. The number of aromatic nitrogens is 2. The molecule has 4 aromatic rings. The Labute approximate surface area is 223 Å². The van der Waals surface area contributed by atoms with Gasteiger partial charge in [-0.1, -0.05) is 35.0 Å². The molecule has 0 unspecified atom stereocenters. The van der Waals surface area contributed by atoms with E-state index >= 15 is 0 Å². The highest BCUT2D eigenvalue weighted by Crippen LogP contribution is 2.26. The maximum Gasteiger partial charge on any atom is 0.282 e. The summed E-state index contributed by atoms with van der Waals surface area (Å²) in [6, 6.07) is 16.5. The van der Waals surface area contributed by atoms with Gasteiger partial charge in [-0.15, -0.1) is 0 Å². The van der Waals surface area contributed by atoms with Gasteiger partial charge in [-0.3, -0.25) is 9.59 Å². The van der Waals surface area contributed by atoms with Crippen LogP contribution in [0.25, 0.3) is 10.9 Å². The lowest BCUT2D eigenvalue weighted by Crippen LogP contribution is -2.22. The Morgan fingerprint density at radius 2 is 1.97 bits per heavy atom. The fourth-order valence-electron chi connectivity index (χ4n) is 3.43. The molecule has 1 heterocycles. The maximum atomic E-state index is 13.7. The maximum absolute atomic E-state index is 13.7. The number of nitrogens with zero attached hydrogens (tertiary/aromatic N) is 3. The van der Waals surface area contributed by atoms with Gasteiger partial charge in [0.25, 0.3) is 11.5 Å². The third-order valence-corrected chi connectivity index (χ3v) is 6.25. The van der Waals surface area contributed by atoms with E-state index in [0.717, 1.165) is 10.9 Å².